The highest BCUT2D eigenvalue weighted by atomic mass is 16.5. The van der Waals surface area contributed by atoms with Crippen LogP contribution in [0.2, 0.25) is 0 Å². The van der Waals surface area contributed by atoms with Crippen LogP contribution >= 0.6 is 0 Å². The minimum Gasteiger partial charge on any atom is -0.497 e. The van der Waals surface area contributed by atoms with Gasteiger partial charge in [0, 0.05) is 6.04 Å². The van der Waals surface area contributed by atoms with E-state index in [4.69, 9.17) is 4.74 Å². The van der Waals surface area contributed by atoms with E-state index in [1.165, 1.54) is 0 Å². The summed E-state index contributed by atoms with van der Waals surface area (Å²) in [6.45, 7) is 0. The maximum absolute atomic E-state index is 12.3. The maximum atomic E-state index is 12.3. The minimum absolute atomic E-state index is 0.198. The summed E-state index contributed by atoms with van der Waals surface area (Å²) in [6.07, 6.45) is 2.61. The van der Waals surface area contributed by atoms with Crippen LogP contribution in [0.1, 0.15) is 29.2 Å². The van der Waals surface area contributed by atoms with E-state index in [-0.39, 0.29) is 17.2 Å². The maximum Gasteiger partial charge on any atom is 0.261 e. The van der Waals surface area contributed by atoms with Crippen molar-refractivity contribution in [1.29, 1.82) is 0 Å². The van der Waals surface area contributed by atoms with Gasteiger partial charge in [-0.2, -0.15) is 0 Å². The molecule has 102 valence electrons. The number of aldehydes is 1. The van der Waals surface area contributed by atoms with Gasteiger partial charge >= 0.3 is 0 Å². The molecule has 0 saturated heterocycles. The first-order chi connectivity index (χ1) is 9.74. The number of benzene rings is 1. The molecule has 3 rings (SSSR count). The summed E-state index contributed by atoms with van der Waals surface area (Å²) in [4.78, 5) is 23.2. The molecule has 0 aliphatic heterocycles. The molecular weight excluding hydrogens is 254 g/mol. The van der Waals surface area contributed by atoms with Crippen molar-refractivity contribution in [1.82, 2.24) is 4.57 Å². The van der Waals surface area contributed by atoms with Crippen molar-refractivity contribution in [2.45, 2.75) is 18.9 Å². The Labute approximate surface area is 116 Å². The van der Waals surface area contributed by atoms with Crippen molar-refractivity contribution in [3.8, 4) is 17.0 Å². The van der Waals surface area contributed by atoms with Crippen LogP contribution < -0.4 is 10.3 Å². The van der Waals surface area contributed by atoms with Crippen molar-refractivity contribution >= 4 is 6.29 Å². The zero-order valence-electron chi connectivity index (χ0n) is 11.2. The highest BCUT2D eigenvalue weighted by Crippen LogP contribution is 2.37. The summed E-state index contributed by atoms with van der Waals surface area (Å²) in [7, 11) is 1.62. The molecule has 1 saturated carbocycles. The first-order valence-corrected chi connectivity index (χ1v) is 6.59. The zero-order valence-corrected chi connectivity index (χ0v) is 11.2. The molecule has 0 radical (unpaired) electrons. The lowest BCUT2D eigenvalue weighted by atomic mass is 10.1. The molecular formula is C16H15NO3. The van der Waals surface area contributed by atoms with E-state index in [0.717, 1.165) is 29.8 Å². The molecule has 1 aromatic heterocycles. The van der Waals surface area contributed by atoms with Crippen molar-refractivity contribution in [3.63, 3.8) is 0 Å². The number of carbonyl (C=O) groups is 1. The summed E-state index contributed by atoms with van der Waals surface area (Å²) in [5, 5.41) is 0. The van der Waals surface area contributed by atoms with Crippen LogP contribution in [0.5, 0.6) is 5.75 Å². The van der Waals surface area contributed by atoms with E-state index >= 15 is 0 Å². The van der Waals surface area contributed by atoms with E-state index in [1.54, 1.807) is 17.7 Å². The summed E-state index contributed by atoms with van der Waals surface area (Å²) >= 11 is 0. The topological polar surface area (TPSA) is 48.3 Å². The molecule has 4 nitrogen and oxygen atoms in total. The van der Waals surface area contributed by atoms with Gasteiger partial charge in [-0.25, -0.2) is 0 Å². The second kappa shape index (κ2) is 4.96. The molecule has 0 amide bonds. The van der Waals surface area contributed by atoms with Gasteiger partial charge in [0.15, 0.2) is 6.29 Å². The van der Waals surface area contributed by atoms with E-state index in [1.807, 2.05) is 30.3 Å². The van der Waals surface area contributed by atoms with Gasteiger partial charge in [0.1, 0.15) is 5.75 Å². The Balaban J connectivity index is 2.14. The molecule has 20 heavy (non-hydrogen) atoms. The molecule has 0 atom stereocenters. The first kappa shape index (κ1) is 12.7. The molecule has 0 N–H and O–H groups in total. The van der Waals surface area contributed by atoms with E-state index in [9.17, 15) is 9.59 Å². The Bertz CT molecular complexity index is 697. The predicted molar refractivity (Wildman–Crippen MR) is 76.3 cm³/mol. The fraction of sp³-hybridized carbons (Fsp3) is 0.250. The fourth-order valence-electron chi connectivity index (χ4n) is 2.35. The monoisotopic (exact) mass is 269 g/mol. The average molecular weight is 269 g/mol. The summed E-state index contributed by atoms with van der Waals surface area (Å²) < 4.78 is 6.88. The van der Waals surface area contributed by atoms with Crippen LogP contribution in [0.25, 0.3) is 11.3 Å². The lowest BCUT2D eigenvalue weighted by Gasteiger charge is -2.13. The number of methoxy groups -OCH3 is 1. The van der Waals surface area contributed by atoms with Crippen LogP contribution in [0.15, 0.2) is 41.2 Å². The van der Waals surface area contributed by atoms with E-state index in [0.29, 0.717) is 6.29 Å². The van der Waals surface area contributed by atoms with E-state index in [2.05, 4.69) is 0 Å². The number of nitrogens with zero attached hydrogens (tertiary/aromatic N) is 1. The quantitative estimate of drug-likeness (QED) is 0.802. The summed E-state index contributed by atoms with van der Waals surface area (Å²) in [6, 6.07) is 11.2. The number of aromatic nitrogens is 1. The molecule has 1 heterocycles. The van der Waals surface area contributed by atoms with Crippen LogP contribution in [0, 0.1) is 0 Å². The summed E-state index contributed by atoms with van der Waals surface area (Å²) in [5.74, 6) is 0.776. The minimum atomic E-state index is -0.198. The van der Waals surface area contributed by atoms with Gasteiger partial charge in [0.2, 0.25) is 0 Å². The Morgan fingerprint density at radius 1 is 1.15 bits per heavy atom. The zero-order chi connectivity index (χ0) is 14.1. The standard InChI is InChI=1S/C16H15NO3/c1-20-14-7-2-11(3-8-14)15-9-4-12(10-18)16(19)17(15)13-5-6-13/h2-4,7-10,13H,5-6H2,1H3. The lowest BCUT2D eigenvalue weighted by Crippen LogP contribution is -2.24. The second-order valence-electron chi connectivity index (χ2n) is 4.93. The smallest absolute Gasteiger partial charge is 0.261 e. The number of carbonyl (C=O) groups excluding carboxylic acids is 1. The Morgan fingerprint density at radius 3 is 2.40 bits per heavy atom. The summed E-state index contributed by atoms with van der Waals surface area (Å²) in [5.41, 5.74) is 1.82. The Morgan fingerprint density at radius 2 is 1.85 bits per heavy atom. The fourth-order valence-corrected chi connectivity index (χ4v) is 2.35. The van der Waals surface area contributed by atoms with Crippen molar-refractivity contribution in [2.75, 3.05) is 7.11 Å². The number of ether oxygens (including phenoxy) is 1. The third-order valence-electron chi connectivity index (χ3n) is 3.57. The highest BCUT2D eigenvalue weighted by molar-refractivity contribution is 5.75. The second-order valence-corrected chi connectivity index (χ2v) is 4.93. The van der Waals surface area contributed by atoms with Crippen LogP contribution in [-0.4, -0.2) is 18.0 Å². The van der Waals surface area contributed by atoms with Gasteiger partial charge in [-0.1, -0.05) is 0 Å². The van der Waals surface area contributed by atoms with Gasteiger partial charge < -0.3 is 9.30 Å². The molecule has 4 heteroatoms. The van der Waals surface area contributed by atoms with Crippen LogP contribution in [0.3, 0.4) is 0 Å². The largest absolute Gasteiger partial charge is 0.497 e. The van der Waals surface area contributed by atoms with Gasteiger partial charge in [-0.05, 0) is 54.8 Å². The molecule has 1 aromatic carbocycles. The molecule has 1 aliphatic carbocycles. The molecule has 1 aliphatic rings. The number of hydrogen-bond donors (Lipinski definition) is 0. The third-order valence-corrected chi connectivity index (χ3v) is 3.57. The number of rotatable bonds is 4. The molecule has 0 unspecified atom stereocenters. The van der Waals surface area contributed by atoms with Gasteiger partial charge in [-0.3, -0.25) is 9.59 Å². The first-order valence-electron chi connectivity index (χ1n) is 6.59. The third kappa shape index (κ3) is 2.13. The Hall–Kier alpha value is -2.36. The molecule has 0 bridgehead atoms. The highest BCUT2D eigenvalue weighted by Gasteiger charge is 2.27. The molecule has 1 fully saturated rings. The molecule has 2 aromatic rings. The lowest BCUT2D eigenvalue weighted by molar-refractivity contribution is 0.112. The van der Waals surface area contributed by atoms with Crippen LogP contribution in [-0.2, 0) is 0 Å². The van der Waals surface area contributed by atoms with E-state index < -0.39 is 0 Å². The van der Waals surface area contributed by atoms with Gasteiger partial charge in [-0.15, -0.1) is 0 Å². The SMILES string of the molecule is COc1ccc(-c2ccc(C=O)c(=O)n2C2CC2)cc1. The number of pyridine rings is 1. The molecule has 0 spiro atoms. The van der Waals surface area contributed by atoms with Gasteiger partial charge in [0.25, 0.3) is 5.56 Å². The van der Waals surface area contributed by atoms with Gasteiger partial charge in [0.05, 0.1) is 18.4 Å². The average Bonchev–Trinajstić information content (AvgIpc) is 3.31. The number of hydrogen-bond acceptors (Lipinski definition) is 3. The normalized spacial score (nSPS) is 14.1. The van der Waals surface area contributed by atoms with Crippen molar-refractivity contribution < 1.29 is 9.53 Å². The Kier molecular flexibility index (Phi) is 3.14. The van der Waals surface area contributed by atoms with Crippen molar-refractivity contribution in [2.24, 2.45) is 0 Å². The van der Waals surface area contributed by atoms with Crippen LogP contribution in [0.4, 0.5) is 0 Å². The predicted octanol–water partition coefficient (Wildman–Crippen LogP) is 2.67. The van der Waals surface area contributed by atoms with Crippen molar-refractivity contribution in [3.05, 3.63) is 52.3 Å².